The molecule has 2 aromatic carbocycles. The number of thiophene rings is 1. The van der Waals surface area contributed by atoms with Crippen molar-refractivity contribution >= 4 is 34.5 Å². The Hall–Kier alpha value is -3.78. The van der Waals surface area contributed by atoms with Gasteiger partial charge in [0.05, 0.1) is 23.1 Å². The van der Waals surface area contributed by atoms with Crippen molar-refractivity contribution in [2.45, 2.75) is 19.5 Å². The van der Waals surface area contributed by atoms with Crippen LogP contribution in [0.1, 0.15) is 27.6 Å². The van der Waals surface area contributed by atoms with Gasteiger partial charge in [0.25, 0.3) is 17.4 Å². The molecule has 1 amide bonds. The van der Waals surface area contributed by atoms with Gasteiger partial charge in [0.1, 0.15) is 5.76 Å². The third-order valence-electron chi connectivity index (χ3n) is 5.13. The molecule has 1 aliphatic heterocycles. The minimum Gasteiger partial charge on any atom is -0.507 e. The minimum absolute atomic E-state index is 0.0762. The summed E-state index contributed by atoms with van der Waals surface area (Å²) in [5.74, 6) is -1.96. The Morgan fingerprint density at radius 3 is 2.58 bits per heavy atom. The van der Waals surface area contributed by atoms with Crippen molar-refractivity contribution in [2.24, 2.45) is 0 Å². The van der Waals surface area contributed by atoms with E-state index in [1.807, 2.05) is 42.6 Å². The van der Waals surface area contributed by atoms with Crippen LogP contribution in [-0.2, 0) is 16.1 Å². The molecule has 1 saturated heterocycles. The van der Waals surface area contributed by atoms with Crippen LogP contribution < -0.4 is 0 Å². The molecule has 3 aromatic rings. The fourth-order valence-electron chi connectivity index (χ4n) is 3.72. The molecule has 156 valence electrons. The van der Waals surface area contributed by atoms with E-state index in [-0.39, 0.29) is 23.4 Å². The van der Waals surface area contributed by atoms with Gasteiger partial charge in [-0.2, -0.15) is 0 Å². The smallest absolute Gasteiger partial charge is 0.295 e. The summed E-state index contributed by atoms with van der Waals surface area (Å²) < 4.78 is 0. The Kier molecular flexibility index (Phi) is 5.39. The minimum atomic E-state index is -0.813. The molecule has 31 heavy (non-hydrogen) atoms. The highest BCUT2D eigenvalue weighted by Gasteiger charge is 2.46. The summed E-state index contributed by atoms with van der Waals surface area (Å²) in [6.45, 7) is 2.11. The normalized spacial score (nSPS) is 17.8. The van der Waals surface area contributed by atoms with E-state index in [1.165, 1.54) is 40.5 Å². The zero-order valence-corrected chi connectivity index (χ0v) is 17.3. The van der Waals surface area contributed by atoms with Crippen LogP contribution in [0, 0.1) is 17.0 Å². The summed E-state index contributed by atoms with van der Waals surface area (Å²) in [7, 11) is 0. The van der Waals surface area contributed by atoms with Crippen molar-refractivity contribution in [3.63, 3.8) is 0 Å². The highest BCUT2D eigenvalue weighted by Crippen LogP contribution is 2.41. The quantitative estimate of drug-likeness (QED) is 0.208. The number of hydrogen-bond donors (Lipinski definition) is 1. The lowest BCUT2D eigenvalue weighted by molar-refractivity contribution is -0.384. The maximum atomic E-state index is 13.0. The van der Waals surface area contributed by atoms with Crippen molar-refractivity contribution < 1.29 is 19.6 Å². The molecule has 1 fully saturated rings. The number of aliphatic hydroxyl groups is 1. The second kappa shape index (κ2) is 8.16. The number of Topliss-reactive ketones (excluding diaryl/α,β-unsaturated/α-hetero) is 1. The molecule has 2 heterocycles. The number of benzene rings is 2. The Labute approximate surface area is 182 Å². The summed E-state index contributed by atoms with van der Waals surface area (Å²) in [6.07, 6.45) is 0. The largest absolute Gasteiger partial charge is 0.507 e. The predicted molar refractivity (Wildman–Crippen MR) is 116 cm³/mol. The first-order valence-corrected chi connectivity index (χ1v) is 10.4. The molecule has 0 bridgehead atoms. The Morgan fingerprint density at radius 1 is 1.13 bits per heavy atom. The van der Waals surface area contributed by atoms with E-state index < -0.39 is 28.4 Å². The average Bonchev–Trinajstić information content (AvgIpc) is 3.36. The first-order chi connectivity index (χ1) is 14.9. The number of nitrogens with zero attached hydrogens (tertiary/aromatic N) is 2. The van der Waals surface area contributed by atoms with Gasteiger partial charge in [0.15, 0.2) is 0 Å². The number of ketones is 1. The molecule has 0 spiro atoms. The Bertz CT molecular complexity index is 1220. The van der Waals surface area contributed by atoms with Crippen LogP contribution in [0.25, 0.3) is 5.76 Å². The molecule has 1 unspecified atom stereocenters. The van der Waals surface area contributed by atoms with Crippen LogP contribution in [0.3, 0.4) is 0 Å². The van der Waals surface area contributed by atoms with Gasteiger partial charge in [-0.3, -0.25) is 19.7 Å². The molecule has 1 aromatic heterocycles. The van der Waals surface area contributed by atoms with E-state index >= 15 is 0 Å². The van der Waals surface area contributed by atoms with Gasteiger partial charge in [-0.1, -0.05) is 48.0 Å². The molecule has 0 radical (unpaired) electrons. The van der Waals surface area contributed by atoms with Crippen LogP contribution in [0.5, 0.6) is 0 Å². The molecule has 1 N–H and O–H groups in total. The topological polar surface area (TPSA) is 101 Å². The van der Waals surface area contributed by atoms with Gasteiger partial charge in [-0.15, -0.1) is 11.3 Å². The maximum Gasteiger partial charge on any atom is 0.295 e. The van der Waals surface area contributed by atoms with Crippen LogP contribution in [0.2, 0.25) is 0 Å². The number of carbonyl (C=O) groups excluding carboxylic acids is 2. The maximum absolute atomic E-state index is 13.0. The molecule has 1 aliphatic rings. The van der Waals surface area contributed by atoms with Gasteiger partial charge in [-0.25, -0.2) is 0 Å². The summed E-state index contributed by atoms with van der Waals surface area (Å²) in [4.78, 5) is 38.9. The molecular weight excluding hydrogens is 416 g/mol. The Balaban J connectivity index is 1.89. The van der Waals surface area contributed by atoms with Crippen molar-refractivity contribution in [3.8, 4) is 0 Å². The summed E-state index contributed by atoms with van der Waals surface area (Å²) >= 11 is 1.47. The van der Waals surface area contributed by atoms with Crippen LogP contribution in [0.15, 0.2) is 71.6 Å². The number of amides is 1. The van der Waals surface area contributed by atoms with Crippen molar-refractivity contribution in [1.29, 1.82) is 0 Å². The number of aliphatic hydroxyl groups excluding tert-OH is 1. The molecule has 1 atom stereocenters. The molecule has 4 rings (SSSR count). The predicted octanol–water partition coefficient (Wildman–Crippen LogP) is 4.59. The molecule has 0 aliphatic carbocycles. The van der Waals surface area contributed by atoms with Crippen LogP contribution >= 0.6 is 11.3 Å². The standard InChI is InChI=1S/C23H18N2O5S/c1-14-5-2-6-15(11-14)20-19(21(26)16-7-3-8-17(12-16)25(29)30)22(27)23(28)24(20)13-18-9-4-10-31-18/h2-12,20,26H,13H2,1H3/b21-19-. The van der Waals surface area contributed by atoms with E-state index in [9.17, 15) is 24.8 Å². The molecular formula is C23H18N2O5S. The van der Waals surface area contributed by atoms with Gasteiger partial charge in [0, 0.05) is 22.6 Å². The number of nitro groups is 1. The van der Waals surface area contributed by atoms with Crippen molar-refractivity contribution in [3.05, 3.63) is 103 Å². The van der Waals surface area contributed by atoms with Crippen molar-refractivity contribution in [2.75, 3.05) is 0 Å². The summed E-state index contributed by atoms with van der Waals surface area (Å²) in [6, 6.07) is 15.7. The zero-order chi connectivity index (χ0) is 22.1. The first-order valence-electron chi connectivity index (χ1n) is 9.49. The van der Waals surface area contributed by atoms with Gasteiger partial charge in [0.2, 0.25) is 0 Å². The fourth-order valence-corrected chi connectivity index (χ4v) is 4.43. The fraction of sp³-hybridized carbons (Fsp3) is 0.130. The third kappa shape index (κ3) is 3.85. The van der Waals surface area contributed by atoms with E-state index in [1.54, 1.807) is 6.07 Å². The second-order valence-corrected chi connectivity index (χ2v) is 8.26. The number of likely N-dealkylation sites (tertiary alicyclic amines) is 1. The number of hydrogen-bond acceptors (Lipinski definition) is 6. The number of carbonyl (C=O) groups is 2. The van der Waals surface area contributed by atoms with Crippen LogP contribution in [0.4, 0.5) is 5.69 Å². The lowest BCUT2D eigenvalue weighted by atomic mass is 9.94. The average molecular weight is 434 g/mol. The Morgan fingerprint density at radius 2 is 1.90 bits per heavy atom. The van der Waals surface area contributed by atoms with E-state index in [0.717, 1.165) is 10.4 Å². The highest BCUT2D eigenvalue weighted by atomic mass is 32.1. The zero-order valence-electron chi connectivity index (χ0n) is 16.5. The molecule has 8 heteroatoms. The monoisotopic (exact) mass is 434 g/mol. The molecule has 7 nitrogen and oxygen atoms in total. The summed E-state index contributed by atoms with van der Waals surface area (Å²) in [5, 5.41) is 24.1. The van der Waals surface area contributed by atoms with E-state index in [0.29, 0.717) is 5.56 Å². The van der Waals surface area contributed by atoms with E-state index in [4.69, 9.17) is 0 Å². The van der Waals surface area contributed by atoms with Gasteiger partial charge < -0.3 is 10.0 Å². The third-order valence-corrected chi connectivity index (χ3v) is 6.00. The van der Waals surface area contributed by atoms with Gasteiger partial charge in [-0.05, 0) is 23.9 Å². The lowest BCUT2D eigenvalue weighted by Crippen LogP contribution is -2.28. The lowest BCUT2D eigenvalue weighted by Gasteiger charge is -2.25. The second-order valence-electron chi connectivity index (χ2n) is 7.23. The number of non-ortho nitro benzene ring substituents is 1. The number of nitro benzene ring substituents is 1. The molecule has 0 saturated carbocycles. The number of rotatable bonds is 5. The SMILES string of the molecule is Cc1cccc(C2/C(=C(/O)c3cccc([N+](=O)[O-])c3)C(=O)C(=O)N2Cc2cccs2)c1. The first kappa shape index (κ1) is 20.5. The highest BCUT2D eigenvalue weighted by molar-refractivity contribution is 7.09. The van der Waals surface area contributed by atoms with Gasteiger partial charge >= 0.3 is 0 Å². The van der Waals surface area contributed by atoms with E-state index in [2.05, 4.69) is 0 Å². The van der Waals surface area contributed by atoms with Crippen molar-refractivity contribution in [1.82, 2.24) is 4.90 Å². The summed E-state index contributed by atoms with van der Waals surface area (Å²) in [5.41, 5.74) is 1.44. The number of aryl methyl sites for hydroxylation is 1. The van der Waals surface area contributed by atoms with Crippen LogP contribution in [-0.4, -0.2) is 26.6 Å².